The smallest absolute Gasteiger partial charge is 0.326 e. The summed E-state index contributed by atoms with van der Waals surface area (Å²) in [6, 6.07) is 7.58. The number of aryl methyl sites for hydroxylation is 1. The molecule has 0 aliphatic rings. The van der Waals surface area contributed by atoms with Crippen molar-refractivity contribution in [1.29, 1.82) is 0 Å². The second kappa shape index (κ2) is 5.11. The summed E-state index contributed by atoms with van der Waals surface area (Å²) in [5, 5.41) is 0. The van der Waals surface area contributed by atoms with E-state index < -0.39 is 17.2 Å². The summed E-state index contributed by atoms with van der Waals surface area (Å²) >= 11 is 1.32. The average molecular weight is 317 g/mol. The van der Waals surface area contributed by atoms with Crippen LogP contribution in [0.15, 0.2) is 38.8 Å². The number of para-hydroxylation sites is 1. The molecule has 0 radical (unpaired) electrons. The third-order valence-electron chi connectivity index (χ3n) is 3.11. The summed E-state index contributed by atoms with van der Waals surface area (Å²) in [5.41, 5.74) is 4.14. The van der Waals surface area contributed by atoms with Gasteiger partial charge in [0, 0.05) is 7.05 Å². The van der Waals surface area contributed by atoms with Crippen LogP contribution in [-0.4, -0.2) is 20.4 Å². The van der Waals surface area contributed by atoms with E-state index in [0.717, 1.165) is 10.2 Å². The van der Waals surface area contributed by atoms with Crippen LogP contribution < -0.4 is 21.8 Å². The van der Waals surface area contributed by atoms with Crippen molar-refractivity contribution in [3.8, 4) is 0 Å². The molecule has 0 fully saturated rings. The summed E-state index contributed by atoms with van der Waals surface area (Å²) in [5.74, 6) is -0.775. The maximum atomic E-state index is 12.2. The fourth-order valence-electron chi connectivity index (χ4n) is 2.00. The lowest BCUT2D eigenvalue weighted by atomic mass is 10.3. The Balaban J connectivity index is 2.19. The van der Waals surface area contributed by atoms with E-state index in [1.807, 2.05) is 29.2 Å². The number of anilines is 1. The molecule has 0 saturated heterocycles. The van der Waals surface area contributed by atoms with E-state index in [4.69, 9.17) is 5.73 Å². The molecule has 1 amide bonds. The molecular weight excluding hydrogens is 306 g/mol. The number of benzene rings is 1. The summed E-state index contributed by atoms with van der Waals surface area (Å²) in [7, 11) is 1.77. The van der Waals surface area contributed by atoms with E-state index in [1.54, 1.807) is 11.6 Å². The standard InChI is InChI=1S/C13H11N5O3S/c1-18-6-4-2-3-5-7(6)22-13(18)17-11(20)9-8(14)10(19)16-12(21)15-9/h2-5H,14H2,1H3,(H2,15,16,19,21). The molecule has 22 heavy (non-hydrogen) atoms. The number of fused-ring (bicyclic) bond motifs is 1. The van der Waals surface area contributed by atoms with Crippen molar-refractivity contribution in [2.75, 3.05) is 5.73 Å². The first-order chi connectivity index (χ1) is 10.5. The highest BCUT2D eigenvalue weighted by Crippen LogP contribution is 2.15. The molecule has 2 aromatic heterocycles. The highest BCUT2D eigenvalue weighted by Gasteiger charge is 2.14. The molecule has 0 atom stereocenters. The third kappa shape index (κ3) is 2.27. The van der Waals surface area contributed by atoms with Crippen molar-refractivity contribution in [2.24, 2.45) is 12.0 Å². The number of H-pyrrole nitrogens is 2. The van der Waals surface area contributed by atoms with Crippen molar-refractivity contribution < 1.29 is 4.79 Å². The lowest BCUT2D eigenvalue weighted by Gasteiger charge is -1.99. The summed E-state index contributed by atoms with van der Waals surface area (Å²) < 4.78 is 2.71. The number of thiazole rings is 1. The van der Waals surface area contributed by atoms with Crippen LogP contribution in [0.2, 0.25) is 0 Å². The highest BCUT2D eigenvalue weighted by atomic mass is 32.1. The predicted octanol–water partition coefficient (Wildman–Crippen LogP) is -0.0603. The van der Waals surface area contributed by atoms with Crippen LogP contribution in [0.25, 0.3) is 10.2 Å². The van der Waals surface area contributed by atoms with Crippen molar-refractivity contribution in [2.45, 2.75) is 0 Å². The minimum atomic E-state index is -0.817. The molecule has 1 aromatic carbocycles. The molecule has 0 unspecified atom stereocenters. The fourth-order valence-corrected chi connectivity index (χ4v) is 3.01. The van der Waals surface area contributed by atoms with Crippen molar-refractivity contribution >= 4 is 33.1 Å². The largest absolute Gasteiger partial charge is 0.392 e. The van der Waals surface area contributed by atoms with Gasteiger partial charge in [0.2, 0.25) is 0 Å². The lowest BCUT2D eigenvalue weighted by Crippen LogP contribution is -2.29. The maximum Gasteiger partial charge on any atom is 0.326 e. The van der Waals surface area contributed by atoms with Gasteiger partial charge in [0.15, 0.2) is 4.80 Å². The van der Waals surface area contributed by atoms with E-state index in [-0.39, 0.29) is 11.4 Å². The molecule has 4 N–H and O–H groups in total. The van der Waals surface area contributed by atoms with Crippen molar-refractivity contribution in [3.05, 3.63) is 55.6 Å². The quantitative estimate of drug-likeness (QED) is 0.581. The fraction of sp³-hybridized carbons (Fsp3) is 0.0769. The Labute approximate surface area is 126 Å². The van der Waals surface area contributed by atoms with Gasteiger partial charge in [-0.3, -0.25) is 14.6 Å². The maximum absolute atomic E-state index is 12.2. The Morgan fingerprint density at radius 3 is 2.73 bits per heavy atom. The normalized spacial score (nSPS) is 12.0. The van der Waals surface area contributed by atoms with Crippen molar-refractivity contribution in [3.63, 3.8) is 0 Å². The molecule has 0 aliphatic heterocycles. The number of carbonyl (C=O) groups excluding carboxylic acids is 1. The van der Waals surface area contributed by atoms with Crippen LogP contribution >= 0.6 is 11.3 Å². The van der Waals surface area contributed by atoms with Crippen LogP contribution in [-0.2, 0) is 7.05 Å². The molecule has 0 bridgehead atoms. The van der Waals surface area contributed by atoms with Gasteiger partial charge in [-0.25, -0.2) is 4.79 Å². The first-order valence-electron chi connectivity index (χ1n) is 6.23. The molecule has 2 heterocycles. The van der Waals surface area contributed by atoms with Gasteiger partial charge in [-0.1, -0.05) is 23.5 Å². The number of hydrogen-bond acceptors (Lipinski definition) is 5. The summed E-state index contributed by atoms with van der Waals surface area (Å²) in [6.45, 7) is 0. The Morgan fingerprint density at radius 2 is 2.00 bits per heavy atom. The summed E-state index contributed by atoms with van der Waals surface area (Å²) in [4.78, 5) is 43.4. The van der Waals surface area contributed by atoms with Crippen LogP contribution in [0.4, 0.5) is 5.69 Å². The first-order valence-corrected chi connectivity index (χ1v) is 7.04. The minimum Gasteiger partial charge on any atom is -0.392 e. The molecule has 8 nitrogen and oxygen atoms in total. The number of rotatable bonds is 1. The van der Waals surface area contributed by atoms with Crippen LogP contribution in [0.5, 0.6) is 0 Å². The van der Waals surface area contributed by atoms with Crippen LogP contribution in [0.1, 0.15) is 10.5 Å². The number of amides is 1. The molecule has 112 valence electrons. The van der Waals surface area contributed by atoms with Gasteiger partial charge in [0.1, 0.15) is 11.4 Å². The van der Waals surface area contributed by atoms with Gasteiger partial charge >= 0.3 is 5.69 Å². The van der Waals surface area contributed by atoms with Gasteiger partial charge in [-0.15, -0.1) is 0 Å². The van der Waals surface area contributed by atoms with E-state index in [9.17, 15) is 14.4 Å². The van der Waals surface area contributed by atoms with Crippen LogP contribution in [0, 0.1) is 0 Å². The Hall–Kier alpha value is -2.94. The minimum absolute atomic E-state index is 0.314. The van der Waals surface area contributed by atoms with E-state index in [0.29, 0.717) is 4.80 Å². The molecule has 0 saturated carbocycles. The monoisotopic (exact) mass is 317 g/mol. The van der Waals surface area contributed by atoms with E-state index in [2.05, 4.69) is 9.98 Å². The average Bonchev–Trinajstić information content (AvgIpc) is 2.79. The third-order valence-corrected chi connectivity index (χ3v) is 4.22. The van der Waals surface area contributed by atoms with Gasteiger partial charge in [-0.2, -0.15) is 4.99 Å². The number of hydrogen-bond donors (Lipinski definition) is 3. The summed E-state index contributed by atoms with van der Waals surface area (Å²) in [6.07, 6.45) is 0. The number of nitrogens with zero attached hydrogens (tertiary/aromatic N) is 2. The Kier molecular flexibility index (Phi) is 3.26. The molecule has 0 aliphatic carbocycles. The van der Waals surface area contributed by atoms with Gasteiger partial charge in [-0.05, 0) is 12.1 Å². The highest BCUT2D eigenvalue weighted by molar-refractivity contribution is 7.16. The van der Waals surface area contributed by atoms with Gasteiger partial charge in [0.25, 0.3) is 11.5 Å². The topological polar surface area (TPSA) is 126 Å². The molecule has 0 spiro atoms. The lowest BCUT2D eigenvalue weighted by molar-refractivity contribution is 0.0993. The predicted molar refractivity (Wildman–Crippen MR) is 82.8 cm³/mol. The number of aromatic amines is 2. The van der Waals surface area contributed by atoms with Crippen LogP contribution in [0.3, 0.4) is 0 Å². The molecule has 3 rings (SSSR count). The van der Waals surface area contributed by atoms with E-state index in [1.165, 1.54) is 11.3 Å². The zero-order valence-electron chi connectivity index (χ0n) is 11.4. The number of carbonyl (C=O) groups is 1. The number of aromatic nitrogens is 3. The first kappa shape index (κ1) is 14.0. The van der Waals surface area contributed by atoms with Crippen molar-refractivity contribution in [1.82, 2.24) is 14.5 Å². The molecule has 3 aromatic rings. The van der Waals surface area contributed by atoms with Gasteiger partial charge in [0.05, 0.1) is 10.2 Å². The van der Waals surface area contributed by atoms with E-state index >= 15 is 0 Å². The molecular formula is C13H11N5O3S. The SMILES string of the molecule is Cn1c(=NC(=O)c2[nH]c(=O)[nH]c(=O)c2N)sc2ccccc21. The second-order valence-corrected chi connectivity index (χ2v) is 5.53. The number of nitrogens with two attached hydrogens (primary N) is 1. The zero-order valence-corrected chi connectivity index (χ0v) is 12.2. The number of nitrogens with one attached hydrogen (secondary N) is 2. The number of nitrogen functional groups attached to an aromatic ring is 1. The van der Waals surface area contributed by atoms with Gasteiger partial charge < -0.3 is 15.3 Å². The zero-order chi connectivity index (χ0) is 15.9. The Bertz CT molecular complexity index is 1070. The molecule has 9 heteroatoms. The second-order valence-electron chi connectivity index (χ2n) is 4.53. The Morgan fingerprint density at radius 1 is 1.27 bits per heavy atom.